The highest BCUT2D eigenvalue weighted by Gasteiger charge is 2.34. The van der Waals surface area contributed by atoms with Crippen LogP contribution in [0.25, 0.3) is 12.2 Å². The summed E-state index contributed by atoms with van der Waals surface area (Å²) in [6.07, 6.45) is 6.34. The van der Waals surface area contributed by atoms with Gasteiger partial charge in [0.05, 0.1) is 11.4 Å². The number of imide groups is 1. The lowest BCUT2D eigenvalue weighted by atomic mass is 10.1. The average molecular weight is 529 g/mol. The minimum absolute atomic E-state index is 0.251. The highest BCUT2D eigenvalue weighted by molar-refractivity contribution is 14.1. The van der Waals surface area contributed by atoms with Crippen molar-refractivity contribution in [2.75, 3.05) is 0 Å². The van der Waals surface area contributed by atoms with Crippen molar-refractivity contribution in [2.45, 2.75) is 20.4 Å². The van der Waals surface area contributed by atoms with Gasteiger partial charge in [-0.2, -0.15) is 0 Å². The van der Waals surface area contributed by atoms with Gasteiger partial charge in [-0.1, -0.05) is 42.5 Å². The van der Waals surface area contributed by atoms with Gasteiger partial charge in [-0.25, -0.2) is 0 Å². The molecule has 152 valence electrons. The number of aldehydes is 1. The van der Waals surface area contributed by atoms with E-state index in [1.165, 1.54) is 4.90 Å². The molecule has 4 nitrogen and oxygen atoms in total. The molecule has 1 aliphatic rings. The van der Waals surface area contributed by atoms with Crippen LogP contribution in [0.5, 0.6) is 0 Å². The first-order valence-corrected chi connectivity index (χ1v) is 11.2. The standard InChI is InChI=1S/C24H20INO3S/c1-16(11-18-3-5-19(6-4-18)12-17(2)15-27)13-22-23(28)26(24(29)30-22)14-20-7-9-21(25)10-8-20/h3-13,15H,14H2,1-2H3/b16-11+,17-12+,22-13-. The fourth-order valence-corrected chi connectivity index (χ4v) is 4.15. The lowest BCUT2D eigenvalue weighted by molar-refractivity contribution is -0.123. The predicted octanol–water partition coefficient (Wildman–Crippen LogP) is 6.08. The SMILES string of the molecule is C/C(C=O)=C\c1ccc(/C=C(C)/C=C2\SC(=O)N(Cc3ccc(I)cc3)C2=O)cc1. The average Bonchev–Trinajstić information content (AvgIpc) is 2.98. The Morgan fingerprint density at radius 2 is 1.50 bits per heavy atom. The van der Waals surface area contributed by atoms with Crippen molar-refractivity contribution in [2.24, 2.45) is 0 Å². The molecular formula is C24H20INO3S. The van der Waals surface area contributed by atoms with E-state index >= 15 is 0 Å². The first kappa shape index (κ1) is 22.2. The van der Waals surface area contributed by atoms with E-state index in [0.717, 1.165) is 43.9 Å². The third kappa shape index (κ3) is 5.79. The quantitative estimate of drug-likeness (QED) is 0.259. The normalized spacial score (nSPS) is 16.5. The molecule has 0 saturated carbocycles. The molecule has 1 heterocycles. The molecule has 1 saturated heterocycles. The Morgan fingerprint density at radius 3 is 2.07 bits per heavy atom. The van der Waals surface area contributed by atoms with Crippen molar-refractivity contribution in [3.63, 3.8) is 0 Å². The zero-order chi connectivity index (χ0) is 21.7. The molecule has 0 spiro atoms. The Hall–Kier alpha value is -2.45. The van der Waals surface area contributed by atoms with Gasteiger partial charge in [0.2, 0.25) is 0 Å². The Balaban J connectivity index is 1.72. The Kier molecular flexibility index (Phi) is 7.44. The molecule has 6 heteroatoms. The van der Waals surface area contributed by atoms with E-state index in [1.807, 2.05) is 67.6 Å². The zero-order valence-corrected chi connectivity index (χ0v) is 19.6. The summed E-state index contributed by atoms with van der Waals surface area (Å²) in [7, 11) is 0. The van der Waals surface area contributed by atoms with Gasteiger partial charge in [0.15, 0.2) is 0 Å². The van der Waals surface area contributed by atoms with Crippen LogP contribution >= 0.6 is 34.4 Å². The van der Waals surface area contributed by atoms with Crippen LogP contribution in [0.2, 0.25) is 0 Å². The van der Waals surface area contributed by atoms with Crippen LogP contribution in [0.1, 0.15) is 30.5 Å². The number of nitrogens with zero attached hydrogens (tertiary/aromatic N) is 1. The zero-order valence-electron chi connectivity index (χ0n) is 16.6. The molecule has 0 aromatic heterocycles. The molecule has 0 radical (unpaired) electrons. The summed E-state index contributed by atoms with van der Waals surface area (Å²) in [5.41, 5.74) is 4.39. The molecule has 2 aromatic rings. The van der Waals surface area contributed by atoms with Crippen molar-refractivity contribution in [3.05, 3.63) is 90.9 Å². The van der Waals surface area contributed by atoms with E-state index < -0.39 is 0 Å². The van der Waals surface area contributed by atoms with Gasteiger partial charge in [-0.05, 0) is 100 Å². The van der Waals surface area contributed by atoms with E-state index in [4.69, 9.17) is 0 Å². The Bertz CT molecular complexity index is 1070. The van der Waals surface area contributed by atoms with Crippen LogP contribution in [0, 0.1) is 3.57 Å². The second-order valence-corrected chi connectivity index (χ2v) is 9.19. The number of thioether (sulfide) groups is 1. The second kappa shape index (κ2) is 10.0. The van der Waals surface area contributed by atoms with Gasteiger partial charge in [0.25, 0.3) is 11.1 Å². The third-order valence-electron chi connectivity index (χ3n) is 4.40. The van der Waals surface area contributed by atoms with Crippen LogP contribution < -0.4 is 0 Å². The molecule has 1 aliphatic heterocycles. The summed E-state index contributed by atoms with van der Waals surface area (Å²) < 4.78 is 1.11. The molecule has 1 fully saturated rings. The molecule has 0 N–H and O–H groups in total. The highest BCUT2D eigenvalue weighted by atomic mass is 127. The van der Waals surface area contributed by atoms with Crippen molar-refractivity contribution >= 4 is 63.9 Å². The van der Waals surface area contributed by atoms with Gasteiger partial charge in [0.1, 0.15) is 6.29 Å². The summed E-state index contributed by atoms with van der Waals surface area (Å²) >= 11 is 3.19. The molecule has 0 aliphatic carbocycles. The second-order valence-electron chi connectivity index (χ2n) is 6.96. The monoisotopic (exact) mass is 529 g/mol. The number of rotatable bonds is 6. The summed E-state index contributed by atoms with van der Waals surface area (Å²) in [5, 5.41) is -0.251. The smallest absolute Gasteiger partial charge is 0.293 e. The minimum atomic E-state index is -0.263. The van der Waals surface area contributed by atoms with Crippen molar-refractivity contribution in [3.8, 4) is 0 Å². The van der Waals surface area contributed by atoms with Gasteiger partial charge < -0.3 is 0 Å². The highest BCUT2D eigenvalue weighted by Crippen LogP contribution is 2.33. The van der Waals surface area contributed by atoms with Crippen LogP contribution in [0.3, 0.4) is 0 Å². The number of hydrogen-bond acceptors (Lipinski definition) is 4. The van der Waals surface area contributed by atoms with Crippen molar-refractivity contribution in [1.29, 1.82) is 0 Å². The maximum Gasteiger partial charge on any atom is 0.293 e. The Labute approximate surface area is 193 Å². The van der Waals surface area contributed by atoms with E-state index in [-0.39, 0.29) is 17.7 Å². The molecule has 30 heavy (non-hydrogen) atoms. The number of hydrogen-bond donors (Lipinski definition) is 0. The minimum Gasteiger partial charge on any atom is -0.298 e. The molecular weight excluding hydrogens is 509 g/mol. The van der Waals surface area contributed by atoms with Gasteiger partial charge >= 0.3 is 0 Å². The molecule has 2 aromatic carbocycles. The van der Waals surface area contributed by atoms with E-state index in [0.29, 0.717) is 10.5 Å². The predicted molar refractivity (Wildman–Crippen MR) is 131 cm³/mol. The fourth-order valence-electron chi connectivity index (χ4n) is 2.91. The number of carbonyl (C=O) groups is 3. The van der Waals surface area contributed by atoms with E-state index in [9.17, 15) is 14.4 Å². The maximum atomic E-state index is 12.7. The van der Waals surface area contributed by atoms with E-state index in [2.05, 4.69) is 22.6 Å². The number of benzene rings is 2. The number of allylic oxidation sites excluding steroid dienone is 3. The number of amides is 2. The first-order chi connectivity index (χ1) is 14.4. The largest absolute Gasteiger partial charge is 0.298 e. The fraction of sp³-hybridized carbons (Fsp3) is 0.125. The third-order valence-corrected chi connectivity index (χ3v) is 6.02. The van der Waals surface area contributed by atoms with Crippen LogP contribution in [-0.2, 0) is 16.1 Å². The first-order valence-electron chi connectivity index (χ1n) is 9.27. The van der Waals surface area contributed by atoms with Crippen LogP contribution in [-0.4, -0.2) is 22.3 Å². The lowest BCUT2D eigenvalue weighted by Gasteiger charge is -2.12. The molecule has 2 amide bonds. The summed E-state index contributed by atoms with van der Waals surface area (Å²) in [4.78, 5) is 37.5. The number of halogens is 1. The van der Waals surface area contributed by atoms with E-state index in [1.54, 1.807) is 13.0 Å². The van der Waals surface area contributed by atoms with Crippen LogP contribution in [0.4, 0.5) is 4.79 Å². The summed E-state index contributed by atoms with van der Waals surface area (Å²) in [6, 6.07) is 15.5. The van der Waals surface area contributed by atoms with Gasteiger partial charge in [0, 0.05) is 3.57 Å². The lowest BCUT2D eigenvalue weighted by Crippen LogP contribution is -2.27. The molecule has 0 atom stereocenters. The van der Waals surface area contributed by atoms with Crippen LogP contribution in [0.15, 0.2) is 70.7 Å². The molecule has 3 rings (SSSR count). The summed E-state index contributed by atoms with van der Waals surface area (Å²) in [6.45, 7) is 3.94. The number of carbonyl (C=O) groups excluding carboxylic acids is 3. The maximum absolute atomic E-state index is 12.7. The van der Waals surface area contributed by atoms with Gasteiger partial charge in [-0.15, -0.1) is 0 Å². The Morgan fingerprint density at radius 1 is 0.933 bits per heavy atom. The van der Waals surface area contributed by atoms with Gasteiger partial charge in [-0.3, -0.25) is 19.3 Å². The summed E-state index contributed by atoms with van der Waals surface area (Å²) in [5.74, 6) is -0.263. The van der Waals surface area contributed by atoms with Crippen molar-refractivity contribution < 1.29 is 14.4 Å². The van der Waals surface area contributed by atoms with Crippen molar-refractivity contribution in [1.82, 2.24) is 4.90 Å². The topological polar surface area (TPSA) is 54.5 Å². The molecule has 0 bridgehead atoms. The molecule has 0 unspecified atom stereocenters.